The van der Waals surface area contributed by atoms with Crippen LogP contribution in [0.4, 0.5) is 5.82 Å². The topological polar surface area (TPSA) is 56.3 Å². The van der Waals surface area contributed by atoms with Gasteiger partial charge >= 0.3 is 0 Å². The fraction of sp³-hybridized carbons (Fsp3) is 0.714. The molecule has 0 saturated carbocycles. The van der Waals surface area contributed by atoms with Gasteiger partial charge in [-0.2, -0.15) is 0 Å². The second-order valence-electron chi connectivity index (χ2n) is 5.45. The third-order valence-electron chi connectivity index (χ3n) is 3.48. The summed E-state index contributed by atoms with van der Waals surface area (Å²) in [7, 11) is 1.74. The fourth-order valence-electron chi connectivity index (χ4n) is 2.15. The van der Waals surface area contributed by atoms with Crippen LogP contribution in [0.3, 0.4) is 0 Å². The van der Waals surface area contributed by atoms with Gasteiger partial charge in [-0.05, 0) is 6.92 Å². The lowest BCUT2D eigenvalue weighted by atomic mass is 10.0. The molecule has 2 rings (SSSR count). The number of nitrogens with zero attached hydrogens (tertiary/aromatic N) is 2. The highest BCUT2D eigenvalue weighted by Gasteiger charge is 2.34. The van der Waals surface area contributed by atoms with Crippen LogP contribution >= 0.6 is 0 Å². The van der Waals surface area contributed by atoms with Gasteiger partial charge in [0.25, 0.3) is 0 Å². The molecule has 5 heteroatoms. The summed E-state index contributed by atoms with van der Waals surface area (Å²) in [5, 5.41) is 3.36. The molecule has 0 bridgehead atoms. The van der Waals surface area contributed by atoms with Gasteiger partial charge in [0.05, 0.1) is 6.61 Å². The Morgan fingerprint density at radius 1 is 1.47 bits per heavy atom. The standard InChI is InChI=1S/C14H23N3O2/c1-10(2)13-16-11(3)7-12(17-13)15-8-14(18-4)5-6-19-9-14/h7,10H,5-6,8-9H2,1-4H3,(H,15,16,17). The molecule has 19 heavy (non-hydrogen) atoms. The minimum atomic E-state index is -0.225. The van der Waals surface area contributed by atoms with Gasteiger partial charge in [-0.15, -0.1) is 0 Å². The highest BCUT2D eigenvalue weighted by atomic mass is 16.5. The highest BCUT2D eigenvalue weighted by Crippen LogP contribution is 2.23. The van der Waals surface area contributed by atoms with Crippen LogP contribution in [0.2, 0.25) is 0 Å². The molecule has 5 nitrogen and oxygen atoms in total. The van der Waals surface area contributed by atoms with Crippen LogP contribution < -0.4 is 5.32 Å². The lowest BCUT2D eigenvalue weighted by molar-refractivity contribution is -0.00625. The van der Waals surface area contributed by atoms with Gasteiger partial charge in [-0.1, -0.05) is 13.8 Å². The first-order valence-electron chi connectivity index (χ1n) is 6.77. The van der Waals surface area contributed by atoms with Crippen molar-refractivity contribution in [3.05, 3.63) is 17.6 Å². The van der Waals surface area contributed by atoms with E-state index >= 15 is 0 Å². The Balaban J connectivity index is 2.06. The summed E-state index contributed by atoms with van der Waals surface area (Å²) in [5.41, 5.74) is 0.756. The molecule has 106 valence electrons. The lowest BCUT2D eigenvalue weighted by Crippen LogP contribution is -2.39. The summed E-state index contributed by atoms with van der Waals surface area (Å²) in [6, 6.07) is 1.96. The molecule has 1 aromatic heterocycles. The maximum absolute atomic E-state index is 5.60. The number of anilines is 1. The molecular weight excluding hydrogens is 242 g/mol. The Labute approximate surface area is 114 Å². The van der Waals surface area contributed by atoms with Crippen LogP contribution in [0.1, 0.15) is 37.7 Å². The number of nitrogens with one attached hydrogen (secondary N) is 1. The number of rotatable bonds is 5. The van der Waals surface area contributed by atoms with Crippen molar-refractivity contribution < 1.29 is 9.47 Å². The van der Waals surface area contributed by atoms with Crippen LogP contribution in [-0.2, 0) is 9.47 Å². The zero-order valence-corrected chi connectivity index (χ0v) is 12.2. The Bertz CT molecular complexity index is 429. The van der Waals surface area contributed by atoms with Crippen molar-refractivity contribution in [1.29, 1.82) is 0 Å². The first kappa shape index (κ1) is 14.2. The summed E-state index contributed by atoms with van der Waals surface area (Å²) >= 11 is 0. The maximum atomic E-state index is 5.60. The van der Waals surface area contributed by atoms with E-state index in [1.54, 1.807) is 7.11 Å². The van der Waals surface area contributed by atoms with Gasteiger partial charge in [-0.3, -0.25) is 0 Å². The molecule has 1 unspecified atom stereocenters. The molecule has 1 fully saturated rings. The molecule has 0 spiro atoms. The van der Waals surface area contributed by atoms with Gasteiger partial charge in [0, 0.05) is 44.4 Å². The van der Waals surface area contributed by atoms with Crippen molar-refractivity contribution >= 4 is 5.82 Å². The quantitative estimate of drug-likeness (QED) is 0.884. The van der Waals surface area contributed by atoms with E-state index in [1.165, 1.54) is 0 Å². The van der Waals surface area contributed by atoms with Gasteiger partial charge in [0.2, 0.25) is 0 Å². The zero-order valence-electron chi connectivity index (χ0n) is 12.2. The second kappa shape index (κ2) is 5.84. The average Bonchev–Trinajstić information content (AvgIpc) is 2.85. The third-order valence-corrected chi connectivity index (χ3v) is 3.48. The van der Waals surface area contributed by atoms with E-state index in [-0.39, 0.29) is 5.60 Å². The van der Waals surface area contributed by atoms with E-state index in [1.807, 2.05) is 13.0 Å². The number of hydrogen-bond donors (Lipinski definition) is 1. The van der Waals surface area contributed by atoms with Gasteiger partial charge in [-0.25, -0.2) is 9.97 Å². The fourth-order valence-corrected chi connectivity index (χ4v) is 2.15. The van der Waals surface area contributed by atoms with Crippen molar-refractivity contribution in [2.45, 2.75) is 38.7 Å². The van der Waals surface area contributed by atoms with Crippen LogP contribution in [0.5, 0.6) is 0 Å². The summed E-state index contributed by atoms with van der Waals surface area (Å²) in [4.78, 5) is 8.98. The number of ether oxygens (including phenoxy) is 2. The second-order valence-corrected chi connectivity index (χ2v) is 5.45. The molecule has 1 aliphatic heterocycles. The molecule has 1 atom stereocenters. The number of hydrogen-bond acceptors (Lipinski definition) is 5. The minimum Gasteiger partial charge on any atom is -0.378 e. The molecule has 1 aliphatic rings. The largest absolute Gasteiger partial charge is 0.378 e. The van der Waals surface area contributed by atoms with Gasteiger partial charge in [0.1, 0.15) is 17.2 Å². The predicted molar refractivity (Wildman–Crippen MR) is 74.5 cm³/mol. The van der Waals surface area contributed by atoms with Crippen LogP contribution in [0, 0.1) is 6.92 Å². The third kappa shape index (κ3) is 3.42. The Morgan fingerprint density at radius 3 is 2.84 bits per heavy atom. The van der Waals surface area contributed by atoms with Gasteiger partial charge < -0.3 is 14.8 Å². The molecule has 1 saturated heterocycles. The number of aryl methyl sites for hydroxylation is 1. The summed E-state index contributed by atoms with van der Waals surface area (Å²) in [6.45, 7) is 8.29. The molecule has 0 amide bonds. The predicted octanol–water partition coefficient (Wildman–Crippen LogP) is 2.13. The highest BCUT2D eigenvalue weighted by molar-refractivity contribution is 5.36. The maximum Gasteiger partial charge on any atom is 0.133 e. The van der Waals surface area contributed by atoms with Crippen LogP contribution in [0.15, 0.2) is 6.07 Å². The summed E-state index contributed by atoms with van der Waals surface area (Å²) < 4.78 is 11.0. The summed E-state index contributed by atoms with van der Waals surface area (Å²) in [5.74, 6) is 2.06. The Hall–Kier alpha value is -1.20. The molecule has 0 radical (unpaired) electrons. The number of aromatic nitrogens is 2. The van der Waals surface area contributed by atoms with E-state index in [0.29, 0.717) is 19.1 Å². The summed E-state index contributed by atoms with van der Waals surface area (Å²) in [6.07, 6.45) is 0.914. The van der Waals surface area contributed by atoms with Crippen molar-refractivity contribution in [3.63, 3.8) is 0 Å². The average molecular weight is 265 g/mol. The van der Waals surface area contributed by atoms with E-state index in [2.05, 4.69) is 29.1 Å². The van der Waals surface area contributed by atoms with Crippen LogP contribution in [0.25, 0.3) is 0 Å². The molecule has 0 aromatic carbocycles. The molecule has 2 heterocycles. The minimum absolute atomic E-state index is 0.225. The number of methoxy groups -OCH3 is 1. The molecular formula is C14H23N3O2. The van der Waals surface area contributed by atoms with Crippen molar-refractivity contribution in [2.75, 3.05) is 32.2 Å². The molecule has 0 aliphatic carbocycles. The van der Waals surface area contributed by atoms with Gasteiger partial charge in [0.15, 0.2) is 0 Å². The lowest BCUT2D eigenvalue weighted by Gasteiger charge is -2.26. The first-order chi connectivity index (χ1) is 9.04. The Kier molecular flexibility index (Phi) is 4.37. The van der Waals surface area contributed by atoms with E-state index < -0.39 is 0 Å². The van der Waals surface area contributed by atoms with Crippen molar-refractivity contribution in [1.82, 2.24) is 9.97 Å². The van der Waals surface area contributed by atoms with Crippen molar-refractivity contribution in [2.24, 2.45) is 0 Å². The zero-order chi connectivity index (χ0) is 13.9. The molecule has 1 aromatic rings. The van der Waals surface area contributed by atoms with Crippen LogP contribution in [-0.4, -0.2) is 42.4 Å². The normalized spacial score (nSPS) is 23.0. The van der Waals surface area contributed by atoms with Crippen molar-refractivity contribution in [3.8, 4) is 0 Å². The smallest absolute Gasteiger partial charge is 0.133 e. The first-order valence-corrected chi connectivity index (χ1v) is 6.77. The monoisotopic (exact) mass is 265 g/mol. The SMILES string of the molecule is COC1(CNc2cc(C)nc(C(C)C)n2)CCOC1. The Morgan fingerprint density at radius 2 is 2.26 bits per heavy atom. The molecule has 1 N–H and O–H groups in total. The van der Waals surface area contributed by atoms with E-state index in [0.717, 1.165) is 30.4 Å². The van der Waals surface area contributed by atoms with E-state index in [9.17, 15) is 0 Å². The van der Waals surface area contributed by atoms with E-state index in [4.69, 9.17) is 9.47 Å².